The molecule has 0 radical (unpaired) electrons. The summed E-state index contributed by atoms with van der Waals surface area (Å²) in [7, 11) is -8.05. The molecule has 2 amide bonds. The predicted octanol–water partition coefficient (Wildman–Crippen LogP) is 1.97. The lowest BCUT2D eigenvalue weighted by Gasteiger charge is -2.14. The third-order valence-electron chi connectivity index (χ3n) is 3.29. The summed E-state index contributed by atoms with van der Waals surface area (Å²) in [6.07, 6.45) is 1.93. The molecule has 0 aliphatic heterocycles. The zero-order valence-corrected chi connectivity index (χ0v) is 15.8. The van der Waals surface area contributed by atoms with Gasteiger partial charge in [0, 0.05) is 6.54 Å². The maximum Gasteiger partial charge on any atom is 0.328 e. The largest absolute Gasteiger partial charge is 0.337 e. The second-order valence-electron chi connectivity index (χ2n) is 5.44. The van der Waals surface area contributed by atoms with Crippen LogP contribution >= 0.6 is 0 Å². The standard InChI is InChI=1S/C15H24N2O5S2/c1-4-6-10-16-15(18)17-24(21,22)13-9-7-8-12(3)14(13)23(19,20)11-5-2/h7-9H,4-6,10-11H2,1-3H3,(H2,16,17,18). The summed E-state index contributed by atoms with van der Waals surface area (Å²) in [4.78, 5) is 11.1. The van der Waals surface area contributed by atoms with Crippen molar-refractivity contribution < 1.29 is 21.6 Å². The molecule has 1 aromatic carbocycles. The molecule has 0 spiro atoms. The van der Waals surface area contributed by atoms with Crippen molar-refractivity contribution in [1.29, 1.82) is 0 Å². The van der Waals surface area contributed by atoms with Crippen LogP contribution in [0.2, 0.25) is 0 Å². The number of sulfonamides is 1. The van der Waals surface area contributed by atoms with E-state index in [-0.39, 0.29) is 10.6 Å². The Morgan fingerprint density at radius 3 is 2.33 bits per heavy atom. The maximum atomic E-state index is 12.5. The van der Waals surface area contributed by atoms with Gasteiger partial charge in [0.1, 0.15) is 4.90 Å². The molecule has 7 nitrogen and oxygen atoms in total. The highest BCUT2D eigenvalue weighted by atomic mass is 32.2. The summed E-state index contributed by atoms with van der Waals surface area (Å²) < 4.78 is 51.6. The molecule has 0 aromatic heterocycles. The van der Waals surface area contributed by atoms with Gasteiger partial charge in [-0.3, -0.25) is 0 Å². The molecule has 0 aliphatic carbocycles. The first-order valence-corrected chi connectivity index (χ1v) is 10.9. The summed E-state index contributed by atoms with van der Waals surface area (Å²) in [5.41, 5.74) is 0.331. The number of nitrogens with one attached hydrogen (secondary N) is 2. The molecule has 0 saturated heterocycles. The first kappa shape index (κ1) is 20.4. The van der Waals surface area contributed by atoms with Gasteiger partial charge in [0.2, 0.25) is 0 Å². The van der Waals surface area contributed by atoms with Crippen LogP contribution in [0.15, 0.2) is 28.0 Å². The SMILES string of the molecule is CCCCNC(=O)NS(=O)(=O)c1cccc(C)c1S(=O)(=O)CCC. The molecule has 1 rings (SSSR count). The summed E-state index contributed by atoms with van der Waals surface area (Å²) in [6.45, 7) is 5.51. The summed E-state index contributed by atoms with van der Waals surface area (Å²) in [5, 5.41) is 2.43. The number of benzene rings is 1. The topological polar surface area (TPSA) is 109 Å². The minimum absolute atomic E-state index is 0.164. The van der Waals surface area contributed by atoms with Crippen LogP contribution in [0.1, 0.15) is 38.7 Å². The van der Waals surface area contributed by atoms with Gasteiger partial charge in [-0.1, -0.05) is 32.4 Å². The zero-order valence-electron chi connectivity index (χ0n) is 14.1. The van der Waals surface area contributed by atoms with Crippen LogP contribution in [0.3, 0.4) is 0 Å². The van der Waals surface area contributed by atoms with Gasteiger partial charge in [-0.05, 0) is 31.4 Å². The van der Waals surface area contributed by atoms with E-state index in [4.69, 9.17) is 0 Å². The molecular weight excluding hydrogens is 352 g/mol. The van der Waals surface area contributed by atoms with E-state index in [2.05, 4.69) is 5.32 Å². The number of urea groups is 1. The van der Waals surface area contributed by atoms with Gasteiger partial charge in [0.05, 0.1) is 10.6 Å². The Morgan fingerprint density at radius 2 is 1.75 bits per heavy atom. The van der Waals surface area contributed by atoms with Crippen LogP contribution in [0.25, 0.3) is 0 Å². The highest BCUT2D eigenvalue weighted by Gasteiger charge is 2.28. The molecule has 0 saturated carbocycles. The number of unbranched alkanes of at least 4 members (excludes halogenated alkanes) is 1. The van der Waals surface area contributed by atoms with E-state index in [1.807, 2.05) is 11.6 Å². The van der Waals surface area contributed by atoms with E-state index in [9.17, 15) is 21.6 Å². The normalized spacial score (nSPS) is 12.0. The summed E-state index contributed by atoms with van der Waals surface area (Å²) in [5.74, 6) is -0.164. The van der Waals surface area contributed by atoms with E-state index in [0.717, 1.165) is 6.42 Å². The number of amides is 2. The highest BCUT2D eigenvalue weighted by Crippen LogP contribution is 2.26. The molecular formula is C15H24N2O5S2. The van der Waals surface area contributed by atoms with Crippen molar-refractivity contribution in [2.45, 2.75) is 49.8 Å². The van der Waals surface area contributed by atoms with Gasteiger partial charge in [-0.25, -0.2) is 26.4 Å². The minimum atomic E-state index is -4.29. The van der Waals surface area contributed by atoms with E-state index in [0.29, 0.717) is 24.9 Å². The highest BCUT2D eigenvalue weighted by molar-refractivity contribution is 7.94. The minimum Gasteiger partial charge on any atom is -0.337 e. The average Bonchev–Trinajstić information content (AvgIpc) is 2.46. The fourth-order valence-corrected chi connectivity index (χ4v) is 5.67. The first-order chi connectivity index (χ1) is 11.2. The maximum absolute atomic E-state index is 12.5. The molecule has 0 atom stereocenters. The van der Waals surface area contributed by atoms with Crippen LogP contribution < -0.4 is 10.0 Å². The van der Waals surface area contributed by atoms with Crippen LogP contribution in [0.5, 0.6) is 0 Å². The van der Waals surface area contributed by atoms with Gasteiger partial charge in [0.25, 0.3) is 10.0 Å². The Balaban J connectivity index is 3.22. The van der Waals surface area contributed by atoms with Gasteiger partial charge in [-0.15, -0.1) is 0 Å². The lowest BCUT2D eigenvalue weighted by atomic mass is 10.2. The van der Waals surface area contributed by atoms with Gasteiger partial charge in [-0.2, -0.15) is 0 Å². The molecule has 0 bridgehead atoms. The molecule has 24 heavy (non-hydrogen) atoms. The third-order valence-corrected chi connectivity index (χ3v) is 6.90. The van der Waals surface area contributed by atoms with Crippen LogP contribution in [-0.2, 0) is 19.9 Å². The number of rotatable bonds is 8. The molecule has 2 N–H and O–H groups in total. The monoisotopic (exact) mass is 376 g/mol. The Hall–Kier alpha value is -1.61. The van der Waals surface area contributed by atoms with E-state index < -0.39 is 30.8 Å². The fourth-order valence-electron chi connectivity index (χ4n) is 2.20. The summed E-state index contributed by atoms with van der Waals surface area (Å²) in [6, 6.07) is 3.30. The second kappa shape index (κ2) is 8.48. The molecule has 0 aliphatic rings. The number of carbonyl (C=O) groups excluding carboxylic acids is 1. The van der Waals surface area contributed by atoms with E-state index in [1.165, 1.54) is 25.1 Å². The molecule has 0 unspecified atom stereocenters. The zero-order chi connectivity index (χ0) is 18.4. The smallest absolute Gasteiger partial charge is 0.328 e. The lowest BCUT2D eigenvalue weighted by molar-refractivity contribution is 0.245. The Kier molecular flexibility index (Phi) is 7.22. The molecule has 136 valence electrons. The van der Waals surface area contributed by atoms with Gasteiger partial charge >= 0.3 is 6.03 Å². The van der Waals surface area contributed by atoms with E-state index >= 15 is 0 Å². The second-order valence-corrected chi connectivity index (χ2v) is 9.13. The molecule has 0 heterocycles. The van der Waals surface area contributed by atoms with Crippen LogP contribution in [0.4, 0.5) is 4.79 Å². The Bertz CT molecular complexity index is 786. The summed E-state index contributed by atoms with van der Waals surface area (Å²) >= 11 is 0. The van der Waals surface area contributed by atoms with Gasteiger partial charge in [0.15, 0.2) is 9.84 Å². The van der Waals surface area contributed by atoms with Crippen LogP contribution in [0, 0.1) is 6.92 Å². The number of hydrogen-bond acceptors (Lipinski definition) is 5. The number of carbonyl (C=O) groups is 1. The van der Waals surface area contributed by atoms with Crippen LogP contribution in [-0.4, -0.2) is 35.2 Å². The fraction of sp³-hybridized carbons (Fsp3) is 0.533. The van der Waals surface area contributed by atoms with E-state index in [1.54, 1.807) is 6.92 Å². The van der Waals surface area contributed by atoms with Crippen molar-refractivity contribution in [3.63, 3.8) is 0 Å². The molecule has 1 aromatic rings. The number of sulfone groups is 1. The van der Waals surface area contributed by atoms with Gasteiger partial charge < -0.3 is 5.32 Å². The van der Waals surface area contributed by atoms with Crippen molar-refractivity contribution in [2.24, 2.45) is 0 Å². The Morgan fingerprint density at radius 1 is 1.08 bits per heavy atom. The lowest BCUT2D eigenvalue weighted by Crippen LogP contribution is -2.40. The first-order valence-electron chi connectivity index (χ1n) is 7.78. The quantitative estimate of drug-likeness (QED) is 0.674. The number of hydrogen-bond donors (Lipinski definition) is 2. The van der Waals surface area contributed by atoms with Crippen molar-refractivity contribution in [2.75, 3.05) is 12.3 Å². The van der Waals surface area contributed by atoms with Crippen molar-refractivity contribution in [3.05, 3.63) is 23.8 Å². The Labute approximate surface area is 143 Å². The third kappa shape index (κ3) is 5.20. The molecule has 0 fully saturated rings. The van der Waals surface area contributed by atoms with Crippen molar-refractivity contribution >= 4 is 25.9 Å². The van der Waals surface area contributed by atoms with Crippen molar-refractivity contribution in [3.8, 4) is 0 Å². The number of aryl methyl sites for hydroxylation is 1. The average molecular weight is 377 g/mol. The predicted molar refractivity (Wildman–Crippen MR) is 92.2 cm³/mol. The molecule has 9 heteroatoms. The van der Waals surface area contributed by atoms with Crippen molar-refractivity contribution in [1.82, 2.24) is 10.0 Å².